The number of ether oxygens (including phenoxy) is 1. The van der Waals surface area contributed by atoms with Crippen LogP contribution in [-0.4, -0.2) is 12.2 Å². The van der Waals surface area contributed by atoms with E-state index >= 15 is 0 Å². The van der Waals surface area contributed by atoms with Gasteiger partial charge in [-0.1, -0.05) is 39.8 Å². The van der Waals surface area contributed by atoms with Crippen molar-refractivity contribution in [1.29, 1.82) is 0 Å². The standard InChI is InChI=1S/C16H26O2/c1-12(2)10-16(17,11-13(3)4)14-7-6-8-15(9-14)18-5/h6-9,12-13,17H,10-11H2,1-5H3. The molecule has 2 nitrogen and oxygen atoms in total. The molecule has 0 bridgehead atoms. The zero-order chi connectivity index (χ0) is 13.8. The van der Waals surface area contributed by atoms with Crippen molar-refractivity contribution in [2.45, 2.75) is 46.1 Å². The number of aliphatic hydroxyl groups is 1. The molecule has 0 aliphatic heterocycles. The molecule has 1 rings (SSSR count). The molecule has 0 fully saturated rings. The minimum absolute atomic E-state index is 0.458. The molecule has 0 aliphatic rings. The molecule has 2 heteroatoms. The van der Waals surface area contributed by atoms with Gasteiger partial charge in [-0.05, 0) is 42.4 Å². The summed E-state index contributed by atoms with van der Waals surface area (Å²) in [6.45, 7) is 8.58. The predicted molar refractivity (Wildman–Crippen MR) is 75.8 cm³/mol. The van der Waals surface area contributed by atoms with Crippen LogP contribution >= 0.6 is 0 Å². The molecule has 0 atom stereocenters. The quantitative estimate of drug-likeness (QED) is 0.827. The van der Waals surface area contributed by atoms with Gasteiger partial charge in [0.25, 0.3) is 0 Å². The first kappa shape index (κ1) is 15.0. The number of hydrogen-bond donors (Lipinski definition) is 1. The average Bonchev–Trinajstić information content (AvgIpc) is 2.27. The van der Waals surface area contributed by atoms with E-state index < -0.39 is 5.60 Å². The fraction of sp³-hybridized carbons (Fsp3) is 0.625. The van der Waals surface area contributed by atoms with Crippen LogP contribution < -0.4 is 4.74 Å². The average molecular weight is 250 g/mol. The molecule has 0 saturated carbocycles. The third-order valence-electron chi connectivity index (χ3n) is 3.10. The fourth-order valence-corrected chi connectivity index (χ4v) is 2.58. The lowest BCUT2D eigenvalue weighted by molar-refractivity contribution is -0.00466. The van der Waals surface area contributed by atoms with E-state index in [1.165, 1.54) is 0 Å². The Balaban J connectivity index is 3.07. The largest absolute Gasteiger partial charge is 0.497 e. The monoisotopic (exact) mass is 250 g/mol. The van der Waals surface area contributed by atoms with Crippen molar-refractivity contribution in [1.82, 2.24) is 0 Å². The van der Waals surface area contributed by atoms with Gasteiger partial charge in [-0.25, -0.2) is 0 Å². The topological polar surface area (TPSA) is 29.5 Å². The Morgan fingerprint density at radius 3 is 2.11 bits per heavy atom. The van der Waals surface area contributed by atoms with Crippen LogP contribution in [0.3, 0.4) is 0 Å². The molecule has 1 N–H and O–H groups in total. The van der Waals surface area contributed by atoms with E-state index in [1.807, 2.05) is 24.3 Å². The van der Waals surface area contributed by atoms with Crippen LogP contribution in [0.5, 0.6) is 5.75 Å². The van der Waals surface area contributed by atoms with Gasteiger partial charge in [-0.3, -0.25) is 0 Å². The van der Waals surface area contributed by atoms with Crippen LogP contribution in [0.25, 0.3) is 0 Å². The van der Waals surface area contributed by atoms with E-state index in [4.69, 9.17) is 4.74 Å². The molecular formula is C16H26O2. The molecule has 0 aliphatic carbocycles. The molecule has 0 heterocycles. The zero-order valence-electron chi connectivity index (χ0n) is 12.2. The highest BCUT2D eigenvalue weighted by molar-refractivity contribution is 5.32. The summed E-state index contributed by atoms with van der Waals surface area (Å²) in [5.41, 5.74) is 0.209. The molecule has 0 radical (unpaired) electrons. The minimum atomic E-state index is -0.753. The molecule has 0 aromatic heterocycles. The molecule has 0 unspecified atom stereocenters. The second kappa shape index (κ2) is 6.24. The molecule has 1 aromatic carbocycles. The van der Waals surface area contributed by atoms with Crippen LogP contribution in [0.1, 0.15) is 46.1 Å². The molecule has 18 heavy (non-hydrogen) atoms. The molecule has 1 aromatic rings. The van der Waals surface area contributed by atoms with Crippen molar-refractivity contribution in [3.63, 3.8) is 0 Å². The van der Waals surface area contributed by atoms with E-state index in [9.17, 15) is 5.11 Å². The molecule has 0 amide bonds. The Morgan fingerprint density at radius 1 is 1.11 bits per heavy atom. The van der Waals surface area contributed by atoms with Crippen LogP contribution in [0.2, 0.25) is 0 Å². The number of rotatable bonds is 6. The summed E-state index contributed by atoms with van der Waals surface area (Å²) in [4.78, 5) is 0. The maximum Gasteiger partial charge on any atom is 0.119 e. The van der Waals surface area contributed by atoms with Gasteiger partial charge in [0.15, 0.2) is 0 Å². The van der Waals surface area contributed by atoms with Gasteiger partial charge in [-0.2, -0.15) is 0 Å². The van der Waals surface area contributed by atoms with Gasteiger partial charge >= 0.3 is 0 Å². The molecule has 102 valence electrons. The first-order chi connectivity index (χ1) is 8.37. The van der Waals surface area contributed by atoms with Crippen molar-refractivity contribution >= 4 is 0 Å². The van der Waals surface area contributed by atoms with E-state index in [2.05, 4.69) is 27.7 Å². The first-order valence-electron chi connectivity index (χ1n) is 6.74. The fourth-order valence-electron chi connectivity index (χ4n) is 2.58. The van der Waals surface area contributed by atoms with Gasteiger partial charge in [0.05, 0.1) is 12.7 Å². The maximum atomic E-state index is 11.0. The van der Waals surface area contributed by atoms with Gasteiger partial charge in [0.1, 0.15) is 5.75 Å². The molecule has 0 saturated heterocycles. The first-order valence-corrected chi connectivity index (χ1v) is 6.74. The second-order valence-electron chi connectivity index (χ2n) is 5.96. The Hall–Kier alpha value is -1.02. The van der Waals surface area contributed by atoms with Crippen LogP contribution in [0, 0.1) is 11.8 Å². The highest BCUT2D eigenvalue weighted by Crippen LogP contribution is 2.36. The summed E-state index contributed by atoms with van der Waals surface area (Å²) in [5.74, 6) is 1.72. The highest BCUT2D eigenvalue weighted by Gasteiger charge is 2.31. The summed E-state index contributed by atoms with van der Waals surface area (Å²) >= 11 is 0. The van der Waals surface area contributed by atoms with Gasteiger partial charge in [-0.15, -0.1) is 0 Å². The van der Waals surface area contributed by atoms with E-state index in [-0.39, 0.29) is 0 Å². The van der Waals surface area contributed by atoms with Crippen molar-refractivity contribution in [2.24, 2.45) is 11.8 Å². The van der Waals surface area contributed by atoms with Crippen LogP contribution in [-0.2, 0) is 5.60 Å². The zero-order valence-corrected chi connectivity index (χ0v) is 12.2. The summed E-state index contributed by atoms with van der Waals surface area (Å²) in [5, 5.41) is 11.0. The Bertz CT molecular complexity index is 359. The lowest BCUT2D eigenvalue weighted by Gasteiger charge is -2.32. The Kier molecular flexibility index (Phi) is 5.21. The van der Waals surface area contributed by atoms with Crippen molar-refractivity contribution in [2.75, 3.05) is 7.11 Å². The number of hydrogen-bond acceptors (Lipinski definition) is 2. The summed E-state index contributed by atoms with van der Waals surface area (Å²) in [6, 6.07) is 7.80. The minimum Gasteiger partial charge on any atom is -0.497 e. The predicted octanol–water partition coefficient (Wildman–Crippen LogP) is 3.98. The van der Waals surface area contributed by atoms with Gasteiger partial charge in [0.2, 0.25) is 0 Å². The second-order valence-corrected chi connectivity index (χ2v) is 5.96. The van der Waals surface area contributed by atoms with E-state index in [0.717, 1.165) is 24.2 Å². The molecule has 0 spiro atoms. The Labute approximate surface area is 111 Å². The summed E-state index contributed by atoms with van der Waals surface area (Å²) in [6.07, 6.45) is 1.55. The summed E-state index contributed by atoms with van der Waals surface area (Å²) < 4.78 is 5.25. The van der Waals surface area contributed by atoms with E-state index in [1.54, 1.807) is 7.11 Å². The summed E-state index contributed by atoms with van der Waals surface area (Å²) in [7, 11) is 1.66. The third-order valence-corrected chi connectivity index (χ3v) is 3.10. The van der Waals surface area contributed by atoms with Crippen molar-refractivity contribution in [3.05, 3.63) is 29.8 Å². The highest BCUT2D eigenvalue weighted by atomic mass is 16.5. The van der Waals surface area contributed by atoms with Crippen molar-refractivity contribution < 1.29 is 9.84 Å². The number of benzene rings is 1. The van der Waals surface area contributed by atoms with Crippen molar-refractivity contribution in [3.8, 4) is 5.75 Å². The lowest BCUT2D eigenvalue weighted by atomic mass is 9.80. The SMILES string of the molecule is COc1cccc(C(O)(CC(C)C)CC(C)C)c1. The van der Waals surface area contributed by atoms with Crippen LogP contribution in [0.15, 0.2) is 24.3 Å². The van der Waals surface area contributed by atoms with Gasteiger partial charge < -0.3 is 9.84 Å². The van der Waals surface area contributed by atoms with Gasteiger partial charge in [0, 0.05) is 0 Å². The normalized spacial score (nSPS) is 12.2. The third kappa shape index (κ3) is 4.02. The number of methoxy groups -OCH3 is 1. The lowest BCUT2D eigenvalue weighted by Crippen LogP contribution is -2.29. The van der Waals surface area contributed by atoms with E-state index in [0.29, 0.717) is 11.8 Å². The Morgan fingerprint density at radius 2 is 1.67 bits per heavy atom. The van der Waals surface area contributed by atoms with Crippen LogP contribution in [0.4, 0.5) is 0 Å². The molecular weight excluding hydrogens is 224 g/mol. The maximum absolute atomic E-state index is 11.0. The smallest absolute Gasteiger partial charge is 0.119 e.